The minimum absolute atomic E-state index is 0.000174. The lowest BCUT2D eigenvalue weighted by molar-refractivity contribution is 0.174. The van der Waals surface area contributed by atoms with Crippen molar-refractivity contribution in [2.24, 2.45) is 7.05 Å². The van der Waals surface area contributed by atoms with E-state index in [2.05, 4.69) is 15.1 Å². The van der Waals surface area contributed by atoms with Crippen LogP contribution in [0.4, 0.5) is 0 Å². The summed E-state index contributed by atoms with van der Waals surface area (Å²) in [5.74, 6) is 1.25. The monoisotopic (exact) mass is 367 g/mol. The lowest BCUT2D eigenvalue weighted by Crippen LogP contribution is -2.12. The summed E-state index contributed by atoms with van der Waals surface area (Å²) in [5, 5.41) is 3.29. The zero-order valence-electron chi connectivity index (χ0n) is 15.0. The predicted molar refractivity (Wildman–Crippen MR) is 99.4 cm³/mol. The average Bonchev–Trinajstić information content (AvgIpc) is 3.30. The number of ether oxygens (including phenoxy) is 2. The summed E-state index contributed by atoms with van der Waals surface area (Å²) in [7, 11) is 1.65. The standard InChI is InChI=1S/C18H17N5O4/c1-8(2)23-16-13(17(24)21-23)12(14-15(19-16)20-18(25)22(14)3)9-4-5-10-11(6-9)27-7-26-10/h4-6,8H,7H2,1-3H3,(H,21,24)(H,19,20,25). The molecule has 0 fully saturated rings. The van der Waals surface area contributed by atoms with Crippen molar-refractivity contribution in [3.8, 4) is 22.6 Å². The van der Waals surface area contributed by atoms with E-state index < -0.39 is 0 Å². The first-order chi connectivity index (χ1) is 13.0. The molecule has 4 aromatic rings. The summed E-state index contributed by atoms with van der Waals surface area (Å²) in [5.41, 5.74) is 2.33. The summed E-state index contributed by atoms with van der Waals surface area (Å²) >= 11 is 0. The fourth-order valence-corrected chi connectivity index (χ4v) is 3.58. The minimum atomic E-state index is -0.292. The number of aryl methyl sites for hydroxylation is 1. The van der Waals surface area contributed by atoms with Crippen molar-refractivity contribution in [2.45, 2.75) is 19.9 Å². The van der Waals surface area contributed by atoms with Crippen LogP contribution in [0, 0.1) is 0 Å². The fraction of sp³-hybridized carbons (Fsp3) is 0.278. The van der Waals surface area contributed by atoms with E-state index in [-0.39, 0.29) is 24.1 Å². The summed E-state index contributed by atoms with van der Waals surface area (Å²) in [6.07, 6.45) is 0. The molecule has 9 nitrogen and oxygen atoms in total. The molecule has 2 N–H and O–H groups in total. The molecule has 3 aromatic heterocycles. The smallest absolute Gasteiger partial charge is 0.327 e. The van der Waals surface area contributed by atoms with E-state index in [1.54, 1.807) is 17.8 Å². The highest BCUT2D eigenvalue weighted by Crippen LogP contribution is 2.39. The maximum Gasteiger partial charge on any atom is 0.327 e. The van der Waals surface area contributed by atoms with Crippen LogP contribution in [0.1, 0.15) is 19.9 Å². The van der Waals surface area contributed by atoms with Gasteiger partial charge in [0.05, 0.1) is 10.9 Å². The molecule has 1 aliphatic rings. The number of H-pyrrole nitrogens is 2. The summed E-state index contributed by atoms with van der Waals surface area (Å²) in [4.78, 5) is 32.4. The van der Waals surface area contributed by atoms with Gasteiger partial charge in [-0.3, -0.25) is 24.1 Å². The Labute approximate surface area is 152 Å². The molecule has 1 aliphatic heterocycles. The Kier molecular flexibility index (Phi) is 3.06. The molecular formula is C18H17N5O4. The molecule has 4 heterocycles. The number of aromatic amines is 2. The van der Waals surface area contributed by atoms with Crippen molar-refractivity contribution < 1.29 is 9.47 Å². The van der Waals surface area contributed by atoms with Gasteiger partial charge < -0.3 is 9.47 Å². The van der Waals surface area contributed by atoms with E-state index in [0.717, 1.165) is 5.56 Å². The van der Waals surface area contributed by atoms with Gasteiger partial charge in [-0.25, -0.2) is 9.78 Å². The molecule has 0 saturated carbocycles. The van der Waals surface area contributed by atoms with Crippen LogP contribution in [0.15, 0.2) is 27.8 Å². The maximum atomic E-state index is 12.8. The second-order valence-electron chi connectivity index (χ2n) is 6.84. The topological polar surface area (TPSA) is 107 Å². The highest BCUT2D eigenvalue weighted by Gasteiger charge is 2.24. The number of fused-ring (bicyclic) bond motifs is 3. The zero-order chi connectivity index (χ0) is 18.9. The third-order valence-corrected chi connectivity index (χ3v) is 4.87. The Morgan fingerprint density at radius 2 is 1.96 bits per heavy atom. The second-order valence-corrected chi connectivity index (χ2v) is 6.84. The third-order valence-electron chi connectivity index (χ3n) is 4.87. The molecule has 27 heavy (non-hydrogen) atoms. The minimum Gasteiger partial charge on any atom is -0.454 e. The number of aromatic nitrogens is 5. The lowest BCUT2D eigenvalue weighted by atomic mass is 10.0. The number of hydrogen-bond donors (Lipinski definition) is 2. The molecule has 0 radical (unpaired) electrons. The van der Waals surface area contributed by atoms with Crippen LogP contribution >= 0.6 is 0 Å². The molecule has 0 bridgehead atoms. The lowest BCUT2D eigenvalue weighted by Gasteiger charge is -2.10. The van der Waals surface area contributed by atoms with Crippen molar-refractivity contribution in [2.75, 3.05) is 6.79 Å². The number of pyridine rings is 1. The summed E-state index contributed by atoms with van der Waals surface area (Å²) in [6, 6.07) is 5.47. The molecular weight excluding hydrogens is 350 g/mol. The SMILES string of the molecule is CC(C)n1[nH]c(=O)c2c(-c3ccc4c(c3)OCO4)c3c(nc21)[nH]c(=O)n3C. The first-order valence-electron chi connectivity index (χ1n) is 8.58. The Bertz CT molecular complexity index is 1340. The van der Waals surface area contributed by atoms with Crippen molar-refractivity contribution >= 4 is 22.2 Å². The molecule has 1 aromatic carbocycles. The average molecular weight is 367 g/mol. The quantitative estimate of drug-likeness (QED) is 0.563. The van der Waals surface area contributed by atoms with Gasteiger partial charge >= 0.3 is 5.69 Å². The zero-order valence-corrected chi connectivity index (χ0v) is 15.0. The van der Waals surface area contributed by atoms with Crippen LogP contribution in [-0.2, 0) is 7.05 Å². The molecule has 0 atom stereocenters. The fourth-order valence-electron chi connectivity index (χ4n) is 3.58. The van der Waals surface area contributed by atoms with E-state index in [0.29, 0.717) is 39.3 Å². The first-order valence-corrected chi connectivity index (χ1v) is 8.58. The number of rotatable bonds is 2. The molecule has 0 spiro atoms. The van der Waals surface area contributed by atoms with Crippen LogP contribution < -0.4 is 20.7 Å². The van der Waals surface area contributed by atoms with Crippen LogP contribution in [0.5, 0.6) is 11.5 Å². The van der Waals surface area contributed by atoms with Gasteiger partial charge in [-0.1, -0.05) is 6.07 Å². The largest absolute Gasteiger partial charge is 0.454 e. The van der Waals surface area contributed by atoms with E-state index in [1.807, 2.05) is 26.0 Å². The van der Waals surface area contributed by atoms with Gasteiger partial charge in [0, 0.05) is 18.7 Å². The summed E-state index contributed by atoms with van der Waals surface area (Å²) in [6.45, 7) is 4.07. The number of benzene rings is 1. The van der Waals surface area contributed by atoms with Gasteiger partial charge in [0.15, 0.2) is 22.8 Å². The van der Waals surface area contributed by atoms with E-state index >= 15 is 0 Å². The number of imidazole rings is 1. The van der Waals surface area contributed by atoms with Crippen LogP contribution in [0.3, 0.4) is 0 Å². The van der Waals surface area contributed by atoms with Crippen molar-refractivity contribution in [3.63, 3.8) is 0 Å². The number of nitrogens with one attached hydrogen (secondary N) is 2. The van der Waals surface area contributed by atoms with Gasteiger partial charge in [0.1, 0.15) is 0 Å². The summed E-state index contributed by atoms with van der Waals surface area (Å²) < 4.78 is 14.0. The maximum absolute atomic E-state index is 12.8. The normalized spacial score (nSPS) is 13.3. The molecule has 138 valence electrons. The van der Waals surface area contributed by atoms with E-state index in [4.69, 9.17) is 9.47 Å². The Morgan fingerprint density at radius 3 is 2.74 bits per heavy atom. The van der Waals surface area contributed by atoms with Gasteiger partial charge in [-0.2, -0.15) is 0 Å². The van der Waals surface area contributed by atoms with Crippen LogP contribution in [-0.4, -0.2) is 31.1 Å². The second kappa shape index (κ2) is 5.26. The molecule has 0 aliphatic carbocycles. The molecule has 0 saturated heterocycles. The Morgan fingerprint density at radius 1 is 1.19 bits per heavy atom. The first kappa shape index (κ1) is 15.7. The molecule has 0 unspecified atom stereocenters. The van der Waals surface area contributed by atoms with Crippen molar-refractivity contribution in [1.29, 1.82) is 0 Å². The van der Waals surface area contributed by atoms with Crippen LogP contribution in [0.2, 0.25) is 0 Å². The molecule has 5 rings (SSSR count). The Balaban J connectivity index is 1.99. The van der Waals surface area contributed by atoms with Crippen LogP contribution in [0.25, 0.3) is 33.3 Å². The molecule has 9 heteroatoms. The third kappa shape index (κ3) is 2.08. The van der Waals surface area contributed by atoms with Gasteiger partial charge in [-0.15, -0.1) is 0 Å². The van der Waals surface area contributed by atoms with E-state index in [1.165, 1.54) is 4.57 Å². The van der Waals surface area contributed by atoms with Gasteiger partial charge in [0.25, 0.3) is 5.56 Å². The van der Waals surface area contributed by atoms with Crippen molar-refractivity contribution in [3.05, 3.63) is 39.0 Å². The van der Waals surface area contributed by atoms with Crippen molar-refractivity contribution in [1.82, 2.24) is 24.3 Å². The number of hydrogen-bond acceptors (Lipinski definition) is 5. The molecule has 0 amide bonds. The highest BCUT2D eigenvalue weighted by molar-refractivity contribution is 6.06. The predicted octanol–water partition coefficient (Wildman–Crippen LogP) is 1.88. The van der Waals surface area contributed by atoms with Gasteiger partial charge in [0.2, 0.25) is 6.79 Å². The Hall–Kier alpha value is -3.49. The van der Waals surface area contributed by atoms with Gasteiger partial charge in [-0.05, 0) is 31.5 Å². The van der Waals surface area contributed by atoms with E-state index in [9.17, 15) is 9.59 Å². The highest BCUT2D eigenvalue weighted by atomic mass is 16.7. The number of nitrogens with zero attached hydrogens (tertiary/aromatic N) is 3.